The van der Waals surface area contributed by atoms with Crippen LogP contribution in [0.5, 0.6) is 0 Å². The van der Waals surface area contributed by atoms with Gasteiger partial charge in [0.25, 0.3) is 15.9 Å². The standard InChI is InChI=1S/C19H22FN3O5S/c20-15-1-3-16(4-2-15)21-7-9-22(10-8-21)19(24)17-5-6-18(28-17)29(25,26)23-11-13-27-14-12-23/h1-6H,7-14H2. The minimum Gasteiger partial charge on any atom is -0.438 e. The molecule has 0 bridgehead atoms. The molecule has 156 valence electrons. The van der Waals surface area contributed by atoms with E-state index in [0.29, 0.717) is 39.4 Å². The molecule has 1 aromatic carbocycles. The Morgan fingerprint density at radius 2 is 1.55 bits per heavy atom. The van der Waals surface area contributed by atoms with Crippen molar-refractivity contribution in [2.24, 2.45) is 0 Å². The number of anilines is 1. The van der Waals surface area contributed by atoms with Crippen LogP contribution >= 0.6 is 0 Å². The molecule has 10 heteroatoms. The zero-order valence-corrected chi connectivity index (χ0v) is 16.6. The summed E-state index contributed by atoms with van der Waals surface area (Å²) in [7, 11) is -3.78. The van der Waals surface area contributed by atoms with Gasteiger partial charge >= 0.3 is 0 Å². The van der Waals surface area contributed by atoms with Gasteiger partial charge in [0.05, 0.1) is 13.2 Å². The van der Waals surface area contributed by atoms with E-state index < -0.39 is 10.0 Å². The number of hydrogen-bond acceptors (Lipinski definition) is 6. The molecule has 0 unspecified atom stereocenters. The lowest BCUT2D eigenvalue weighted by atomic mass is 10.2. The molecule has 2 aromatic rings. The van der Waals surface area contributed by atoms with Gasteiger partial charge in [0.2, 0.25) is 5.09 Å². The average Bonchev–Trinajstić information content (AvgIpc) is 3.26. The lowest BCUT2D eigenvalue weighted by molar-refractivity contribution is 0.0696. The van der Waals surface area contributed by atoms with E-state index in [4.69, 9.17) is 9.15 Å². The summed E-state index contributed by atoms with van der Waals surface area (Å²) in [6.45, 7) is 3.31. The second-order valence-electron chi connectivity index (χ2n) is 6.89. The second kappa shape index (κ2) is 8.13. The second-order valence-corrected chi connectivity index (χ2v) is 8.76. The minimum atomic E-state index is -3.78. The lowest BCUT2D eigenvalue weighted by Crippen LogP contribution is -2.48. The Balaban J connectivity index is 1.40. The summed E-state index contributed by atoms with van der Waals surface area (Å²) in [5.74, 6) is -0.623. The zero-order valence-electron chi connectivity index (χ0n) is 15.8. The average molecular weight is 423 g/mol. The predicted molar refractivity (Wildman–Crippen MR) is 103 cm³/mol. The summed E-state index contributed by atoms with van der Waals surface area (Å²) < 4.78 is 50.3. The molecule has 0 aliphatic carbocycles. The van der Waals surface area contributed by atoms with Gasteiger partial charge in [0, 0.05) is 45.0 Å². The van der Waals surface area contributed by atoms with Crippen molar-refractivity contribution in [3.63, 3.8) is 0 Å². The van der Waals surface area contributed by atoms with Gasteiger partial charge in [0.1, 0.15) is 5.82 Å². The third-order valence-electron chi connectivity index (χ3n) is 5.11. The first kappa shape index (κ1) is 19.9. The number of rotatable bonds is 4. The minimum absolute atomic E-state index is 0.00654. The molecule has 0 atom stereocenters. The number of morpholine rings is 1. The number of nitrogens with zero attached hydrogens (tertiary/aromatic N) is 3. The van der Waals surface area contributed by atoms with E-state index >= 15 is 0 Å². The van der Waals surface area contributed by atoms with E-state index in [2.05, 4.69) is 4.90 Å². The zero-order chi connectivity index (χ0) is 20.4. The number of hydrogen-bond donors (Lipinski definition) is 0. The Labute approximate surface area is 168 Å². The fourth-order valence-electron chi connectivity index (χ4n) is 3.46. The number of piperazine rings is 1. The van der Waals surface area contributed by atoms with E-state index in [1.54, 1.807) is 17.0 Å². The van der Waals surface area contributed by atoms with Gasteiger partial charge in [0.15, 0.2) is 5.76 Å². The van der Waals surface area contributed by atoms with Gasteiger partial charge in [-0.15, -0.1) is 0 Å². The van der Waals surface area contributed by atoms with Crippen molar-refractivity contribution in [1.82, 2.24) is 9.21 Å². The van der Waals surface area contributed by atoms with E-state index in [1.165, 1.54) is 28.6 Å². The maximum absolute atomic E-state index is 13.1. The van der Waals surface area contributed by atoms with Crippen molar-refractivity contribution >= 4 is 21.6 Å². The highest BCUT2D eigenvalue weighted by atomic mass is 32.2. The number of carbonyl (C=O) groups is 1. The van der Waals surface area contributed by atoms with Crippen LogP contribution in [0.4, 0.5) is 10.1 Å². The van der Waals surface area contributed by atoms with Crippen molar-refractivity contribution in [1.29, 1.82) is 0 Å². The highest BCUT2D eigenvalue weighted by molar-refractivity contribution is 7.89. The third kappa shape index (κ3) is 4.14. The van der Waals surface area contributed by atoms with Crippen molar-refractivity contribution in [3.05, 3.63) is 48.0 Å². The van der Waals surface area contributed by atoms with Gasteiger partial charge in [-0.1, -0.05) is 0 Å². The Kier molecular flexibility index (Phi) is 5.57. The molecule has 2 fully saturated rings. The molecular formula is C19H22FN3O5S. The number of halogens is 1. The number of benzene rings is 1. The van der Waals surface area contributed by atoms with Crippen LogP contribution < -0.4 is 4.90 Å². The molecule has 2 aliphatic heterocycles. The number of amides is 1. The fraction of sp³-hybridized carbons (Fsp3) is 0.421. The number of carbonyl (C=O) groups excluding carboxylic acids is 1. The topological polar surface area (TPSA) is 83.3 Å². The predicted octanol–water partition coefficient (Wildman–Crippen LogP) is 1.40. The van der Waals surface area contributed by atoms with E-state index in [1.807, 2.05) is 0 Å². The quantitative estimate of drug-likeness (QED) is 0.739. The van der Waals surface area contributed by atoms with Crippen LogP contribution in [0.1, 0.15) is 10.6 Å². The fourth-order valence-corrected chi connectivity index (χ4v) is 4.78. The molecule has 0 radical (unpaired) electrons. The van der Waals surface area contributed by atoms with Crippen molar-refractivity contribution in [2.45, 2.75) is 5.09 Å². The molecule has 1 aromatic heterocycles. The first-order valence-corrected chi connectivity index (χ1v) is 10.9. The molecule has 0 spiro atoms. The molecule has 29 heavy (non-hydrogen) atoms. The monoisotopic (exact) mass is 423 g/mol. The normalized spacial score (nSPS) is 18.8. The summed E-state index contributed by atoms with van der Waals surface area (Å²) >= 11 is 0. The smallest absolute Gasteiger partial charge is 0.289 e. The van der Waals surface area contributed by atoms with Crippen LogP contribution in [0, 0.1) is 5.82 Å². The highest BCUT2D eigenvalue weighted by Gasteiger charge is 2.31. The first-order chi connectivity index (χ1) is 13.9. The summed E-state index contributed by atoms with van der Waals surface area (Å²) in [6, 6.07) is 8.97. The molecule has 8 nitrogen and oxygen atoms in total. The third-order valence-corrected chi connectivity index (χ3v) is 6.89. The maximum Gasteiger partial charge on any atom is 0.289 e. The van der Waals surface area contributed by atoms with Crippen LogP contribution in [-0.2, 0) is 14.8 Å². The Morgan fingerprint density at radius 1 is 0.897 bits per heavy atom. The summed E-state index contributed by atoms with van der Waals surface area (Å²) in [6.07, 6.45) is 0. The van der Waals surface area contributed by atoms with E-state index in [-0.39, 0.29) is 35.7 Å². The SMILES string of the molecule is O=C(c1ccc(S(=O)(=O)N2CCOCC2)o1)N1CCN(c2ccc(F)cc2)CC1. The summed E-state index contributed by atoms with van der Waals surface area (Å²) in [4.78, 5) is 16.4. The number of ether oxygens (including phenoxy) is 1. The van der Waals surface area contributed by atoms with Crippen molar-refractivity contribution in [3.8, 4) is 0 Å². The maximum atomic E-state index is 13.1. The molecule has 0 N–H and O–H groups in total. The molecule has 2 aliphatic rings. The van der Waals surface area contributed by atoms with Crippen molar-refractivity contribution in [2.75, 3.05) is 57.4 Å². The molecule has 2 saturated heterocycles. The number of furan rings is 1. The molecule has 4 rings (SSSR count). The molecule has 3 heterocycles. The van der Waals surface area contributed by atoms with Gasteiger partial charge in [-0.25, -0.2) is 12.8 Å². The lowest BCUT2D eigenvalue weighted by Gasteiger charge is -2.35. The largest absolute Gasteiger partial charge is 0.438 e. The van der Waals surface area contributed by atoms with Gasteiger partial charge in [-0.2, -0.15) is 4.31 Å². The van der Waals surface area contributed by atoms with Crippen LogP contribution in [0.15, 0.2) is 45.9 Å². The summed E-state index contributed by atoms with van der Waals surface area (Å²) in [5.41, 5.74) is 0.899. The van der Waals surface area contributed by atoms with Crippen LogP contribution in [0.25, 0.3) is 0 Å². The Bertz CT molecular complexity index is 962. The summed E-state index contributed by atoms with van der Waals surface area (Å²) in [5, 5.41) is -0.229. The molecular weight excluding hydrogens is 401 g/mol. The van der Waals surface area contributed by atoms with Crippen molar-refractivity contribution < 1.29 is 26.8 Å². The molecule has 1 amide bonds. The van der Waals surface area contributed by atoms with Crippen LogP contribution in [0.3, 0.4) is 0 Å². The number of sulfonamides is 1. The first-order valence-electron chi connectivity index (χ1n) is 9.43. The Hall–Kier alpha value is -2.43. The van der Waals surface area contributed by atoms with Crippen LogP contribution in [0.2, 0.25) is 0 Å². The van der Waals surface area contributed by atoms with Gasteiger partial charge in [-0.3, -0.25) is 4.79 Å². The molecule has 0 saturated carbocycles. The highest BCUT2D eigenvalue weighted by Crippen LogP contribution is 2.22. The van der Waals surface area contributed by atoms with Gasteiger partial charge in [-0.05, 0) is 36.4 Å². The van der Waals surface area contributed by atoms with E-state index in [9.17, 15) is 17.6 Å². The Morgan fingerprint density at radius 3 is 2.21 bits per heavy atom. The van der Waals surface area contributed by atoms with E-state index in [0.717, 1.165) is 5.69 Å². The van der Waals surface area contributed by atoms with Gasteiger partial charge < -0.3 is 19.0 Å². The van der Waals surface area contributed by atoms with Crippen LogP contribution in [-0.4, -0.2) is 76.0 Å².